The monoisotopic (exact) mass is 255 g/mol. The number of ether oxygens (including phenoxy) is 1. The summed E-state index contributed by atoms with van der Waals surface area (Å²) >= 11 is 0. The fraction of sp³-hybridized carbons (Fsp3) is 0.417. The Morgan fingerprint density at radius 2 is 2.33 bits per heavy atom. The second-order valence-electron chi connectivity index (χ2n) is 3.89. The van der Waals surface area contributed by atoms with E-state index >= 15 is 0 Å². The van der Waals surface area contributed by atoms with Crippen molar-refractivity contribution >= 4 is 11.5 Å². The first-order valence-corrected chi connectivity index (χ1v) is 5.67. The van der Waals surface area contributed by atoms with E-state index in [-0.39, 0.29) is 17.6 Å². The number of hydrogen-bond acceptors (Lipinski definition) is 4. The Balaban J connectivity index is 2.75. The van der Waals surface area contributed by atoms with Crippen LogP contribution in [0.5, 0.6) is 5.75 Å². The molecule has 1 unspecified atom stereocenters. The van der Waals surface area contributed by atoms with Gasteiger partial charge in [-0.1, -0.05) is 12.1 Å². The Morgan fingerprint density at radius 3 is 2.89 bits per heavy atom. The number of nitrogens with zero attached hydrogens (tertiary/aromatic N) is 1. The van der Waals surface area contributed by atoms with E-state index in [0.29, 0.717) is 6.42 Å². The first-order valence-electron chi connectivity index (χ1n) is 5.67. The van der Waals surface area contributed by atoms with Crippen LogP contribution in [-0.2, 0) is 0 Å². The van der Waals surface area contributed by atoms with Gasteiger partial charge in [-0.05, 0) is 18.6 Å². The third-order valence-electron chi connectivity index (χ3n) is 2.60. The third kappa shape index (κ3) is 3.80. The minimum atomic E-state index is -0.410. The van der Waals surface area contributed by atoms with Crippen LogP contribution < -0.4 is 15.8 Å². The van der Waals surface area contributed by atoms with Crippen molar-refractivity contribution in [3.05, 3.63) is 24.0 Å². The maximum atomic E-state index is 13.2. The summed E-state index contributed by atoms with van der Waals surface area (Å²) < 4.78 is 18.1. The molecule has 1 aromatic rings. The molecule has 0 amide bonds. The molecule has 1 atom stereocenters. The van der Waals surface area contributed by atoms with E-state index in [4.69, 9.17) is 15.7 Å². The lowest BCUT2D eigenvalue weighted by molar-refractivity contribution is 0.316. The van der Waals surface area contributed by atoms with Crippen LogP contribution in [0.3, 0.4) is 0 Å². The molecule has 18 heavy (non-hydrogen) atoms. The topological polar surface area (TPSA) is 79.9 Å². The zero-order chi connectivity index (χ0) is 13.5. The molecule has 0 fully saturated rings. The second kappa shape index (κ2) is 6.68. The number of rotatable bonds is 6. The first-order chi connectivity index (χ1) is 8.60. The van der Waals surface area contributed by atoms with Crippen LogP contribution in [0.2, 0.25) is 0 Å². The average Bonchev–Trinajstić information content (AvgIpc) is 2.39. The van der Waals surface area contributed by atoms with Crippen LogP contribution in [0, 0.1) is 5.82 Å². The van der Waals surface area contributed by atoms with Crippen LogP contribution >= 0.6 is 0 Å². The summed E-state index contributed by atoms with van der Waals surface area (Å²) in [7, 11) is 1.41. The fourth-order valence-corrected chi connectivity index (χ4v) is 1.58. The SMILES string of the molecule is CCC(C/C(N)=N/O)Nc1ccc(F)c(OC)c1. The highest BCUT2D eigenvalue weighted by Crippen LogP contribution is 2.22. The van der Waals surface area contributed by atoms with E-state index in [2.05, 4.69) is 10.5 Å². The van der Waals surface area contributed by atoms with Gasteiger partial charge in [0.15, 0.2) is 11.6 Å². The quantitative estimate of drug-likeness (QED) is 0.315. The number of hydrogen-bond donors (Lipinski definition) is 3. The molecule has 100 valence electrons. The van der Waals surface area contributed by atoms with Crippen molar-refractivity contribution in [3.63, 3.8) is 0 Å². The van der Waals surface area contributed by atoms with Gasteiger partial charge in [0.1, 0.15) is 5.84 Å². The van der Waals surface area contributed by atoms with Gasteiger partial charge in [-0.2, -0.15) is 0 Å². The minimum Gasteiger partial charge on any atom is -0.494 e. The minimum absolute atomic E-state index is 0.0102. The number of halogens is 1. The van der Waals surface area contributed by atoms with Crippen molar-refractivity contribution in [2.75, 3.05) is 12.4 Å². The summed E-state index contributed by atoms with van der Waals surface area (Å²) in [5.41, 5.74) is 6.19. The van der Waals surface area contributed by atoms with E-state index in [9.17, 15) is 4.39 Å². The van der Waals surface area contributed by atoms with Crippen LogP contribution in [0.25, 0.3) is 0 Å². The Kier molecular flexibility index (Phi) is 5.23. The van der Waals surface area contributed by atoms with Gasteiger partial charge in [-0.3, -0.25) is 0 Å². The zero-order valence-corrected chi connectivity index (χ0v) is 10.5. The van der Waals surface area contributed by atoms with Gasteiger partial charge in [-0.15, -0.1) is 0 Å². The highest BCUT2D eigenvalue weighted by Gasteiger charge is 2.10. The lowest BCUT2D eigenvalue weighted by atomic mass is 10.1. The standard InChI is InChI=1S/C12H18FN3O2/c1-3-8(7-12(14)16-17)15-9-4-5-10(13)11(6-9)18-2/h4-6,8,15,17H,3,7H2,1-2H3,(H2,14,16). The van der Waals surface area contributed by atoms with E-state index in [1.165, 1.54) is 13.2 Å². The summed E-state index contributed by atoms with van der Waals surface area (Å²) in [6, 6.07) is 4.53. The van der Waals surface area contributed by atoms with Crippen molar-refractivity contribution in [2.45, 2.75) is 25.8 Å². The fourth-order valence-electron chi connectivity index (χ4n) is 1.58. The second-order valence-corrected chi connectivity index (χ2v) is 3.89. The number of benzene rings is 1. The highest BCUT2D eigenvalue weighted by molar-refractivity contribution is 5.80. The first kappa shape index (κ1) is 14.1. The molecule has 1 rings (SSSR count). The summed E-state index contributed by atoms with van der Waals surface area (Å²) in [5.74, 6) is -0.0744. The van der Waals surface area contributed by atoms with E-state index in [1.807, 2.05) is 6.92 Å². The lowest BCUT2D eigenvalue weighted by Crippen LogP contribution is -2.26. The van der Waals surface area contributed by atoms with Crippen LogP contribution in [0.15, 0.2) is 23.4 Å². The van der Waals surface area contributed by atoms with Crippen molar-refractivity contribution in [2.24, 2.45) is 10.9 Å². The molecule has 0 saturated carbocycles. The Bertz CT molecular complexity index is 424. The Morgan fingerprint density at radius 1 is 1.61 bits per heavy atom. The van der Waals surface area contributed by atoms with Crippen molar-refractivity contribution < 1.29 is 14.3 Å². The van der Waals surface area contributed by atoms with Gasteiger partial charge in [0.2, 0.25) is 0 Å². The summed E-state index contributed by atoms with van der Waals surface area (Å²) in [6.45, 7) is 1.98. The summed E-state index contributed by atoms with van der Waals surface area (Å²) in [4.78, 5) is 0. The van der Waals surface area contributed by atoms with Gasteiger partial charge in [-0.25, -0.2) is 4.39 Å². The molecule has 0 bridgehead atoms. The van der Waals surface area contributed by atoms with E-state index < -0.39 is 5.82 Å². The third-order valence-corrected chi connectivity index (χ3v) is 2.60. The molecular weight excluding hydrogens is 237 g/mol. The molecule has 0 radical (unpaired) electrons. The Labute approximate surface area is 105 Å². The zero-order valence-electron chi connectivity index (χ0n) is 10.5. The predicted octanol–water partition coefficient (Wildman–Crippen LogP) is 2.16. The summed E-state index contributed by atoms with van der Waals surface area (Å²) in [6.07, 6.45) is 1.20. The van der Waals surface area contributed by atoms with Gasteiger partial charge >= 0.3 is 0 Å². The van der Waals surface area contributed by atoms with E-state index in [0.717, 1.165) is 12.1 Å². The van der Waals surface area contributed by atoms with Gasteiger partial charge in [0.25, 0.3) is 0 Å². The molecular formula is C12H18FN3O2. The van der Waals surface area contributed by atoms with Gasteiger partial charge < -0.3 is 21.0 Å². The molecule has 0 aliphatic rings. The molecule has 5 nitrogen and oxygen atoms in total. The maximum Gasteiger partial charge on any atom is 0.165 e. The molecule has 0 aliphatic carbocycles. The number of nitrogens with one attached hydrogen (secondary N) is 1. The number of oxime groups is 1. The number of anilines is 1. The van der Waals surface area contributed by atoms with Gasteiger partial charge in [0, 0.05) is 24.2 Å². The van der Waals surface area contributed by atoms with Crippen molar-refractivity contribution in [3.8, 4) is 5.75 Å². The molecule has 0 aromatic heterocycles. The molecule has 6 heteroatoms. The smallest absolute Gasteiger partial charge is 0.165 e. The van der Waals surface area contributed by atoms with Crippen LogP contribution in [-0.4, -0.2) is 24.2 Å². The van der Waals surface area contributed by atoms with Gasteiger partial charge in [0.05, 0.1) is 7.11 Å². The van der Waals surface area contributed by atoms with Crippen LogP contribution in [0.1, 0.15) is 19.8 Å². The number of amidine groups is 1. The largest absolute Gasteiger partial charge is 0.494 e. The summed E-state index contributed by atoms with van der Waals surface area (Å²) in [5, 5.41) is 14.6. The molecule has 0 saturated heterocycles. The molecule has 0 spiro atoms. The van der Waals surface area contributed by atoms with Crippen molar-refractivity contribution in [1.29, 1.82) is 0 Å². The molecule has 1 aromatic carbocycles. The maximum absolute atomic E-state index is 13.2. The van der Waals surface area contributed by atoms with Crippen LogP contribution in [0.4, 0.5) is 10.1 Å². The molecule has 0 heterocycles. The van der Waals surface area contributed by atoms with Crippen molar-refractivity contribution in [1.82, 2.24) is 0 Å². The Hall–Kier alpha value is -1.98. The lowest BCUT2D eigenvalue weighted by Gasteiger charge is -2.18. The normalized spacial score (nSPS) is 13.2. The molecule has 0 aliphatic heterocycles. The average molecular weight is 255 g/mol. The predicted molar refractivity (Wildman–Crippen MR) is 68.7 cm³/mol. The van der Waals surface area contributed by atoms with E-state index in [1.54, 1.807) is 12.1 Å². The number of nitrogens with two attached hydrogens (primary N) is 1. The number of methoxy groups -OCH3 is 1. The highest BCUT2D eigenvalue weighted by atomic mass is 19.1. The molecule has 4 N–H and O–H groups in total.